The van der Waals surface area contributed by atoms with Crippen LogP contribution in [0, 0.1) is 0 Å². The zero-order valence-electron chi connectivity index (χ0n) is 37.7. The van der Waals surface area contributed by atoms with Crippen LogP contribution < -0.4 is 11.1 Å². The molecule has 0 saturated heterocycles. The molecule has 0 unspecified atom stereocenters. The third-order valence-corrected chi connectivity index (χ3v) is 11.2. The summed E-state index contributed by atoms with van der Waals surface area (Å²) in [7, 11) is 7.63. The second-order valence-corrected chi connectivity index (χ2v) is 16.7. The largest absolute Gasteiger partial charge is 0.454 e. The Kier molecular flexibility index (Phi) is 15.7. The van der Waals surface area contributed by atoms with E-state index in [2.05, 4.69) is 10.1 Å². The number of benzene rings is 6. The van der Waals surface area contributed by atoms with E-state index in [1.165, 1.54) is 9.80 Å². The van der Waals surface area contributed by atoms with Crippen molar-refractivity contribution in [3.05, 3.63) is 107 Å². The van der Waals surface area contributed by atoms with Crippen LogP contribution in [0.4, 0.5) is 21.0 Å². The van der Waals surface area contributed by atoms with Gasteiger partial charge >= 0.3 is 11.5 Å². The van der Waals surface area contributed by atoms with Crippen molar-refractivity contribution in [3.8, 4) is 0 Å². The molecule has 0 fully saturated rings. The molecule has 0 saturated carbocycles. The molecule has 0 spiro atoms. The highest BCUT2D eigenvalue weighted by molar-refractivity contribution is 6.61. The van der Waals surface area contributed by atoms with Gasteiger partial charge in [0.2, 0.25) is 0 Å². The highest BCUT2D eigenvalue weighted by Crippen LogP contribution is 2.40. The number of nitrogens with zero attached hydrogens (tertiary/aromatic N) is 4. The Bertz CT molecular complexity index is 2810. The molecule has 3 N–H and O–H groups in total. The molecular weight excluding hydrogens is 848 g/mol. The first-order valence-electron chi connectivity index (χ1n) is 21.7. The van der Waals surface area contributed by atoms with E-state index in [0.717, 1.165) is 52.6 Å². The lowest BCUT2D eigenvalue weighted by molar-refractivity contribution is 0.0587. The van der Waals surface area contributed by atoms with E-state index in [1.54, 1.807) is 24.3 Å². The maximum Gasteiger partial charge on any atom is 0.411 e. The quantitative estimate of drug-likeness (QED) is 0.0372. The average molecular weight is 903 g/mol. The number of nitrogens with one attached hydrogen (secondary N) is 1. The lowest BCUT2D eigenvalue weighted by atomic mass is 9.89. The Hall–Kier alpha value is -6.61. The number of likely N-dealkylation sites (N-methyl/N-ethyl adjacent to an activating group) is 2. The number of ether oxygens (including phenoxy) is 2. The normalized spacial score (nSPS) is 13.1. The monoisotopic (exact) mass is 902 g/mol. The first-order chi connectivity index (χ1) is 31.2. The molecule has 2 heterocycles. The van der Waals surface area contributed by atoms with Crippen LogP contribution in [0.15, 0.2) is 84.9 Å². The molecule has 2 aliphatic rings. The minimum atomic E-state index is -0.710. The van der Waals surface area contributed by atoms with E-state index < -0.39 is 11.5 Å². The molecule has 14 nitrogen and oxygen atoms in total. The Labute approximate surface area is 383 Å². The van der Waals surface area contributed by atoms with E-state index in [9.17, 15) is 28.8 Å². The van der Waals surface area contributed by atoms with Gasteiger partial charge in [-0.2, -0.15) is 0 Å². The summed E-state index contributed by atoms with van der Waals surface area (Å²) in [5.41, 5.74) is 8.58. The highest BCUT2D eigenvalue weighted by Gasteiger charge is 2.36. The first kappa shape index (κ1) is 47.9. The van der Waals surface area contributed by atoms with Crippen molar-refractivity contribution in [1.82, 2.24) is 19.6 Å². The number of carbonyl (C=O) groups excluding carboxylic acids is 6. The molecule has 0 radical (unpaired) electrons. The maximum atomic E-state index is 13.6. The predicted octanol–water partition coefficient (Wildman–Crippen LogP) is 9.39. The summed E-state index contributed by atoms with van der Waals surface area (Å²) < 4.78 is 9.67. The van der Waals surface area contributed by atoms with E-state index in [4.69, 9.17) is 22.1 Å². The van der Waals surface area contributed by atoms with E-state index in [0.29, 0.717) is 82.6 Å². The van der Waals surface area contributed by atoms with Gasteiger partial charge in [-0.15, -0.1) is 0 Å². The van der Waals surface area contributed by atoms with Crippen molar-refractivity contribution >= 4 is 101 Å². The van der Waals surface area contributed by atoms with Crippen molar-refractivity contribution in [2.75, 3.05) is 78.6 Å². The van der Waals surface area contributed by atoms with Crippen LogP contribution in [-0.2, 0) is 9.47 Å². The second-order valence-electron chi connectivity index (χ2n) is 16.3. The van der Waals surface area contributed by atoms with Gasteiger partial charge in [0.15, 0.2) is 0 Å². The molecule has 6 aromatic carbocycles. The number of imide groups is 2. The first-order valence-corrected chi connectivity index (χ1v) is 22.1. The van der Waals surface area contributed by atoms with Gasteiger partial charge in [-0.1, -0.05) is 75.2 Å². The van der Waals surface area contributed by atoms with Gasteiger partial charge in [0.25, 0.3) is 23.6 Å². The van der Waals surface area contributed by atoms with Crippen molar-refractivity contribution in [3.63, 3.8) is 0 Å². The van der Waals surface area contributed by atoms with E-state index in [-0.39, 0.29) is 30.2 Å². The number of carbonyl (C=O) groups is 6. The summed E-state index contributed by atoms with van der Waals surface area (Å²) in [6.07, 6.45) is 3.05. The average Bonchev–Trinajstić information content (AvgIpc) is 3.26. The third kappa shape index (κ3) is 10.5. The number of amides is 5. The number of rotatable bonds is 13. The summed E-state index contributed by atoms with van der Waals surface area (Å²) in [5, 5.41) is 8.92. The third-order valence-electron chi connectivity index (χ3n) is 11.1. The molecule has 0 aliphatic carbocycles. The summed E-state index contributed by atoms with van der Waals surface area (Å²) in [4.78, 5) is 81.7. The van der Waals surface area contributed by atoms with Crippen LogP contribution >= 0.6 is 11.6 Å². The maximum absolute atomic E-state index is 13.6. The lowest BCUT2D eigenvalue weighted by Gasteiger charge is -2.29. The minimum absolute atomic E-state index is 0.237. The topological polar surface area (TPSA) is 172 Å². The summed E-state index contributed by atoms with van der Waals surface area (Å²) in [6, 6.07) is 26.1. The number of hydrogen-bond donors (Lipinski definition) is 2. The van der Waals surface area contributed by atoms with Crippen LogP contribution in [-0.4, -0.2) is 122 Å². The number of unbranched alkanes of at least 4 members (excludes halogenated alkanes) is 2. The van der Waals surface area contributed by atoms with Gasteiger partial charge in [0, 0.05) is 76.1 Å². The van der Waals surface area contributed by atoms with Gasteiger partial charge in [0.05, 0.1) is 30.0 Å². The van der Waals surface area contributed by atoms with E-state index in [1.807, 2.05) is 113 Å². The number of nitrogens with two attached hydrogens (primary N) is 1. The van der Waals surface area contributed by atoms with Gasteiger partial charge in [-0.05, 0) is 99.0 Å². The van der Waals surface area contributed by atoms with Crippen molar-refractivity contribution in [2.24, 2.45) is 0 Å². The number of hydrogen-bond acceptors (Lipinski definition) is 11. The van der Waals surface area contributed by atoms with Crippen molar-refractivity contribution in [2.45, 2.75) is 39.5 Å². The minimum Gasteiger partial charge on any atom is -0.454 e. The Morgan fingerprint density at radius 2 is 1.03 bits per heavy atom. The van der Waals surface area contributed by atoms with Crippen LogP contribution in [0.25, 0.3) is 43.1 Å². The number of fused-ring (bicyclic) bond motifs is 4. The van der Waals surface area contributed by atoms with Gasteiger partial charge in [0.1, 0.15) is 0 Å². The number of nitrogen functional groups attached to an aromatic ring is 1. The molecular formula is C50H55ClN6O8. The lowest BCUT2D eigenvalue weighted by Crippen LogP contribution is -2.43. The summed E-state index contributed by atoms with van der Waals surface area (Å²) in [5.74, 6) is -1.14. The van der Waals surface area contributed by atoms with Crippen LogP contribution in [0.3, 0.4) is 0 Å². The fourth-order valence-electron chi connectivity index (χ4n) is 7.88. The molecule has 2 aliphatic heterocycles. The summed E-state index contributed by atoms with van der Waals surface area (Å²) >= 11 is 4.85. The molecule has 15 heteroatoms. The standard InChI is InChI=1S/C25H27N3O4.C20H19N3O2.C5H9ClO2/c1-4-5-14-32-25(31)26-19-11-7-9-17-15-16-8-6-10-18-20(16)22(21(17)19)24(30)28(23(18)29)13-12-27(2)3;1-22(2)9-10-23-19(24)14-7-3-5-12-11-13-6-4-8-15(21)17(13)18(16(12)14)20(23)25;1-2-3-4-8-5(6)7/h6-11,15H,4-5,12-14H2,1-3H3,(H,26,31);3-8,11H,9-10,21H2,1-2H3;2-4H2,1H3. The molecule has 340 valence electrons. The Morgan fingerprint density at radius 3 is 1.51 bits per heavy atom. The predicted molar refractivity (Wildman–Crippen MR) is 257 cm³/mol. The van der Waals surface area contributed by atoms with Gasteiger partial charge in [-0.3, -0.25) is 34.3 Å². The fourth-order valence-corrected chi connectivity index (χ4v) is 7.96. The van der Waals surface area contributed by atoms with Crippen molar-refractivity contribution < 1.29 is 38.2 Å². The van der Waals surface area contributed by atoms with E-state index >= 15 is 0 Å². The van der Waals surface area contributed by atoms with Crippen LogP contribution in [0.1, 0.15) is 81.0 Å². The van der Waals surface area contributed by atoms with Gasteiger partial charge < -0.3 is 25.0 Å². The molecule has 0 aromatic heterocycles. The zero-order valence-corrected chi connectivity index (χ0v) is 38.4. The van der Waals surface area contributed by atoms with Crippen LogP contribution in [0.5, 0.6) is 0 Å². The highest BCUT2D eigenvalue weighted by atomic mass is 35.5. The molecule has 5 amide bonds. The smallest absolute Gasteiger partial charge is 0.411 e. The second kappa shape index (κ2) is 21.4. The molecule has 0 bridgehead atoms. The SMILES string of the molecule is CCCCOC(=O)Cl.CCCCOC(=O)Nc1cccc2cc3cccc4c3c(c12)C(=O)N(CCN(C)C)C4=O.CN(C)CCN1C(=O)c2cccc3cc4cccc(N)c4c(c23)C1=O. The van der Waals surface area contributed by atoms with Crippen molar-refractivity contribution in [1.29, 1.82) is 0 Å². The number of anilines is 2. The van der Waals surface area contributed by atoms with Crippen LogP contribution in [0.2, 0.25) is 0 Å². The molecule has 8 rings (SSSR count). The molecule has 6 aromatic rings. The Balaban J connectivity index is 0.000000188. The Morgan fingerprint density at radius 1 is 0.600 bits per heavy atom. The summed E-state index contributed by atoms with van der Waals surface area (Å²) in [6.45, 7) is 6.62. The van der Waals surface area contributed by atoms with Gasteiger partial charge in [-0.25, -0.2) is 9.59 Å². The molecule has 65 heavy (non-hydrogen) atoms. The zero-order chi connectivity index (χ0) is 46.9. The fraction of sp³-hybridized carbons (Fsp3) is 0.320. The molecule has 0 atom stereocenters. The number of halogens is 1.